The van der Waals surface area contributed by atoms with E-state index in [1.165, 1.54) is 0 Å². The van der Waals surface area contributed by atoms with Crippen molar-refractivity contribution < 1.29 is 14.7 Å². The molecule has 1 amide bonds. The minimum Gasteiger partial charge on any atom is -0.481 e. The third-order valence-corrected chi connectivity index (χ3v) is 4.24. The van der Waals surface area contributed by atoms with E-state index in [9.17, 15) is 9.59 Å². The number of anilines is 1. The highest BCUT2D eigenvalue weighted by Gasteiger charge is 2.35. The molecule has 1 aromatic carbocycles. The van der Waals surface area contributed by atoms with Gasteiger partial charge in [-0.25, -0.2) is 0 Å². The van der Waals surface area contributed by atoms with Gasteiger partial charge < -0.3 is 10.4 Å². The predicted octanol–water partition coefficient (Wildman–Crippen LogP) is 2.24. The third-order valence-electron chi connectivity index (χ3n) is 3.83. The largest absolute Gasteiger partial charge is 0.481 e. The first-order chi connectivity index (χ1) is 9.86. The SMILES string of the molecule is Cc1ccc(NC(=O)CN2CC(C)C(C(=O)O)C2)cc1Cl. The van der Waals surface area contributed by atoms with Crippen molar-refractivity contribution in [2.45, 2.75) is 13.8 Å². The molecule has 0 spiro atoms. The molecule has 6 heteroatoms. The van der Waals surface area contributed by atoms with E-state index >= 15 is 0 Å². The number of aliphatic carboxylic acids is 1. The van der Waals surface area contributed by atoms with Crippen LogP contribution in [0.1, 0.15) is 12.5 Å². The lowest BCUT2D eigenvalue weighted by Crippen LogP contribution is -2.32. The van der Waals surface area contributed by atoms with Crippen molar-refractivity contribution in [1.29, 1.82) is 0 Å². The Morgan fingerprint density at radius 1 is 1.43 bits per heavy atom. The summed E-state index contributed by atoms with van der Waals surface area (Å²) in [5.41, 5.74) is 1.60. The van der Waals surface area contributed by atoms with Crippen LogP contribution < -0.4 is 5.32 Å². The smallest absolute Gasteiger partial charge is 0.308 e. The minimum atomic E-state index is -0.796. The number of halogens is 1. The van der Waals surface area contributed by atoms with Crippen LogP contribution in [-0.2, 0) is 9.59 Å². The molecule has 1 saturated heterocycles. The maximum absolute atomic E-state index is 12.0. The normalized spacial score (nSPS) is 22.2. The van der Waals surface area contributed by atoms with Crippen molar-refractivity contribution in [1.82, 2.24) is 4.90 Å². The van der Waals surface area contributed by atoms with E-state index in [1.54, 1.807) is 12.1 Å². The van der Waals surface area contributed by atoms with Gasteiger partial charge in [-0.2, -0.15) is 0 Å². The zero-order chi connectivity index (χ0) is 15.6. The lowest BCUT2D eigenvalue weighted by Gasteiger charge is -2.15. The molecule has 2 unspecified atom stereocenters. The molecule has 1 aromatic rings. The quantitative estimate of drug-likeness (QED) is 0.895. The number of carboxylic acids is 1. The number of carbonyl (C=O) groups is 2. The highest BCUT2D eigenvalue weighted by atomic mass is 35.5. The average molecular weight is 311 g/mol. The second-order valence-electron chi connectivity index (χ2n) is 5.63. The maximum Gasteiger partial charge on any atom is 0.308 e. The van der Waals surface area contributed by atoms with Crippen molar-refractivity contribution in [3.63, 3.8) is 0 Å². The van der Waals surface area contributed by atoms with Crippen LogP contribution in [0.4, 0.5) is 5.69 Å². The summed E-state index contributed by atoms with van der Waals surface area (Å²) in [6.07, 6.45) is 0. The molecule has 2 atom stereocenters. The van der Waals surface area contributed by atoms with E-state index in [0.29, 0.717) is 23.8 Å². The topological polar surface area (TPSA) is 69.6 Å². The van der Waals surface area contributed by atoms with Gasteiger partial charge in [0.2, 0.25) is 5.91 Å². The zero-order valence-corrected chi connectivity index (χ0v) is 12.9. The molecule has 1 aliphatic heterocycles. The standard InChI is InChI=1S/C15H19ClN2O3/c1-9-3-4-11(5-13(9)16)17-14(19)8-18-6-10(2)12(7-18)15(20)21/h3-5,10,12H,6-8H2,1-2H3,(H,17,19)(H,20,21). The maximum atomic E-state index is 12.0. The monoisotopic (exact) mass is 310 g/mol. The summed E-state index contributed by atoms with van der Waals surface area (Å²) in [5.74, 6) is -1.29. The number of nitrogens with zero attached hydrogens (tertiary/aromatic N) is 1. The fraction of sp³-hybridized carbons (Fsp3) is 0.467. The van der Waals surface area contributed by atoms with E-state index in [1.807, 2.05) is 24.8 Å². The number of aryl methyl sites for hydroxylation is 1. The van der Waals surface area contributed by atoms with Crippen LogP contribution in [0.5, 0.6) is 0 Å². The highest BCUT2D eigenvalue weighted by Crippen LogP contribution is 2.23. The summed E-state index contributed by atoms with van der Waals surface area (Å²) in [6, 6.07) is 5.35. The van der Waals surface area contributed by atoms with Gasteiger partial charge >= 0.3 is 5.97 Å². The van der Waals surface area contributed by atoms with Crippen molar-refractivity contribution >= 4 is 29.2 Å². The van der Waals surface area contributed by atoms with Crippen LogP contribution in [0.3, 0.4) is 0 Å². The summed E-state index contributed by atoms with van der Waals surface area (Å²) in [6.45, 7) is 5.03. The first-order valence-electron chi connectivity index (χ1n) is 6.88. The fourth-order valence-electron chi connectivity index (χ4n) is 2.59. The minimum absolute atomic E-state index is 0.0594. The zero-order valence-electron chi connectivity index (χ0n) is 12.1. The molecule has 0 aromatic heterocycles. The number of carbonyl (C=O) groups excluding carboxylic acids is 1. The molecule has 0 saturated carbocycles. The van der Waals surface area contributed by atoms with Gasteiger partial charge in [0.15, 0.2) is 0 Å². The number of carboxylic acid groups (broad SMARTS) is 1. The van der Waals surface area contributed by atoms with E-state index in [-0.39, 0.29) is 18.4 Å². The Labute approximate surface area is 128 Å². The number of rotatable bonds is 4. The van der Waals surface area contributed by atoms with Crippen molar-refractivity contribution in [2.75, 3.05) is 25.0 Å². The Hall–Kier alpha value is -1.59. The molecule has 2 N–H and O–H groups in total. The summed E-state index contributed by atoms with van der Waals surface area (Å²) >= 11 is 6.01. The third kappa shape index (κ3) is 3.95. The van der Waals surface area contributed by atoms with E-state index < -0.39 is 11.9 Å². The summed E-state index contributed by atoms with van der Waals surface area (Å²) in [5, 5.41) is 12.5. The number of hydrogen-bond acceptors (Lipinski definition) is 3. The predicted molar refractivity (Wildman–Crippen MR) is 81.5 cm³/mol. The van der Waals surface area contributed by atoms with Crippen molar-refractivity contribution in [3.8, 4) is 0 Å². The second kappa shape index (κ2) is 6.45. The lowest BCUT2D eigenvalue weighted by molar-refractivity contribution is -0.142. The average Bonchev–Trinajstić information content (AvgIpc) is 2.75. The molecule has 1 aliphatic rings. The Balaban J connectivity index is 1.90. The van der Waals surface area contributed by atoms with Gasteiger partial charge in [0.25, 0.3) is 0 Å². The summed E-state index contributed by atoms with van der Waals surface area (Å²) in [4.78, 5) is 24.9. The Kier molecular flexibility index (Phi) is 4.85. The number of amides is 1. The number of benzene rings is 1. The Morgan fingerprint density at radius 2 is 2.14 bits per heavy atom. The first-order valence-corrected chi connectivity index (χ1v) is 7.25. The van der Waals surface area contributed by atoms with Crippen LogP contribution in [0.25, 0.3) is 0 Å². The molecule has 0 aliphatic carbocycles. The fourth-order valence-corrected chi connectivity index (χ4v) is 2.77. The van der Waals surface area contributed by atoms with Crippen molar-refractivity contribution in [2.24, 2.45) is 11.8 Å². The first kappa shape index (κ1) is 15.8. The Morgan fingerprint density at radius 3 is 2.71 bits per heavy atom. The molecule has 1 heterocycles. The van der Waals surface area contributed by atoms with Gasteiger partial charge in [0.1, 0.15) is 0 Å². The van der Waals surface area contributed by atoms with Crippen LogP contribution in [-0.4, -0.2) is 41.5 Å². The molecule has 1 fully saturated rings. The van der Waals surface area contributed by atoms with Crippen molar-refractivity contribution in [3.05, 3.63) is 28.8 Å². The van der Waals surface area contributed by atoms with E-state index in [2.05, 4.69) is 5.32 Å². The molecule has 0 bridgehead atoms. The summed E-state index contributed by atoms with van der Waals surface area (Å²) in [7, 11) is 0. The van der Waals surface area contributed by atoms with Crippen LogP contribution in [0.15, 0.2) is 18.2 Å². The van der Waals surface area contributed by atoms with Gasteiger partial charge in [-0.15, -0.1) is 0 Å². The van der Waals surface area contributed by atoms with E-state index in [0.717, 1.165) is 5.56 Å². The lowest BCUT2D eigenvalue weighted by atomic mass is 9.99. The van der Waals surface area contributed by atoms with E-state index in [4.69, 9.17) is 16.7 Å². The van der Waals surface area contributed by atoms with Gasteiger partial charge in [-0.05, 0) is 30.5 Å². The van der Waals surface area contributed by atoms with Gasteiger partial charge in [0, 0.05) is 23.8 Å². The molecule has 5 nitrogen and oxygen atoms in total. The molecule has 21 heavy (non-hydrogen) atoms. The summed E-state index contributed by atoms with van der Waals surface area (Å²) < 4.78 is 0. The second-order valence-corrected chi connectivity index (χ2v) is 6.04. The number of nitrogens with one attached hydrogen (secondary N) is 1. The molecule has 0 radical (unpaired) electrons. The van der Waals surface area contributed by atoms with Gasteiger partial charge in [0.05, 0.1) is 12.5 Å². The van der Waals surface area contributed by atoms with Crippen LogP contribution >= 0.6 is 11.6 Å². The van der Waals surface area contributed by atoms with Gasteiger partial charge in [-0.3, -0.25) is 14.5 Å². The van der Waals surface area contributed by atoms with Crippen LogP contribution in [0, 0.1) is 18.8 Å². The Bertz CT molecular complexity index is 562. The number of hydrogen-bond donors (Lipinski definition) is 2. The molecular weight excluding hydrogens is 292 g/mol. The molecule has 114 valence electrons. The molecular formula is C15H19ClN2O3. The number of likely N-dealkylation sites (tertiary alicyclic amines) is 1. The van der Waals surface area contributed by atoms with Gasteiger partial charge in [-0.1, -0.05) is 24.6 Å². The molecule has 2 rings (SSSR count). The highest BCUT2D eigenvalue weighted by molar-refractivity contribution is 6.31. The van der Waals surface area contributed by atoms with Crippen LogP contribution in [0.2, 0.25) is 5.02 Å².